The molecule has 0 aliphatic heterocycles. The van der Waals surface area contributed by atoms with Gasteiger partial charge in [-0.1, -0.05) is 24.4 Å². The molecular weight excluding hydrogens is 348 g/mol. The van der Waals surface area contributed by atoms with Crippen molar-refractivity contribution in [1.29, 1.82) is 0 Å². The highest BCUT2D eigenvalue weighted by Crippen LogP contribution is 2.21. The predicted molar refractivity (Wildman–Crippen MR) is 103 cm³/mol. The van der Waals surface area contributed by atoms with Gasteiger partial charge >= 0.3 is 0 Å². The number of carbonyl (C=O) groups excluding carboxylic acids is 1. The lowest BCUT2D eigenvalue weighted by molar-refractivity contribution is -0.121. The minimum atomic E-state index is 0.0422. The Balaban J connectivity index is 1.29. The van der Waals surface area contributed by atoms with Gasteiger partial charge in [-0.15, -0.1) is 0 Å². The molecule has 0 atom stereocenters. The molecule has 1 saturated carbocycles. The van der Waals surface area contributed by atoms with Gasteiger partial charge in [0.15, 0.2) is 0 Å². The summed E-state index contributed by atoms with van der Waals surface area (Å²) in [6.07, 6.45) is 8.58. The highest BCUT2D eigenvalue weighted by molar-refractivity contribution is 7.08. The van der Waals surface area contributed by atoms with Gasteiger partial charge < -0.3 is 14.7 Å². The number of hydrogen-bond donors (Lipinski definition) is 1. The number of aryl methyl sites for hydroxylation is 1. The maximum Gasteiger partial charge on any atom is 0.227 e. The van der Waals surface area contributed by atoms with Crippen LogP contribution in [0.2, 0.25) is 0 Å². The van der Waals surface area contributed by atoms with E-state index in [2.05, 4.69) is 27.4 Å². The molecule has 0 unspecified atom stereocenters. The summed E-state index contributed by atoms with van der Waals surface area (Å²) in [5.74, 6) is 1.14. The molecule has 1 fully saturated rings. The summed E-state index contributed by atoms with van der Waals surface area (Å²) in [4.78, 5) is 18.8. The molecule has 0 radical (unpaired) electrons. The maximum atomic E-state index is 12.0. The van der Waals surface area contributed by atoms with Crippen molar-refractivity contribution in [2.24, 2.45) is 0 Å². The van der Waals surface area contributed by atoms with Gasteiger partial charge in [-0.05, 0) is 44.3 Å². The summed E-state index contributed by atoms with van der Waals surface area (Å²) in [5.41, 5.74) is 0.955. The lowest BCUT2D eigenvalue weighted by atomic mass is 9.94. The van der Waals surface area contributed by atoms with Crippen molar-refractivity contribution < 1.29 is 9.32 Å². The lowest BCUT2D eigenvalue weighted by Gasteiger charge is -2.31. The van der Waals surface area contributed by atoms with Crippen LogP contribution in [0.4, 0.5) is 0 Å². The fourth-order valence-electron chi connectivity index (χ4n) is 3.43. The molecule has 0 bridgehead atoms. The van der Waals surface area contributed by atoms with Crippen LogP contribution in [-0.2, 0) is 11.2 Å². The molecule has 2 aromatic heterocycles. The van der Waals surface area contributed by atoms with E-state index in [1.807, 2.05) is 16.8 Å². The molecule has 7 heteroatoms. The van der Waals surface area contributed by atoms with Crippen molar-refractivity contribution >= 4 is 17.2 Å². The van der Waals surface area contributed by atoms with Crippen molar-refractivity contribution in [3.63, 3.8) is 0 Å². The Morgan fingerprint density at radius 1 is 1.38 bits per heavy atom. The van der Waals surface area contributed by atoms with Crippen LogP contribution >= 0.6 is 11.3 Å². The first-order chi connectivity index (χ1) is 12.7. The average Bonchev–Trinajstić information content (AvgIpc) is 3.35. The van der Waals surface area contributed by atoms with Crippen molar-refractivity contribution in [3.8, 4) is 11.4 Å². The average molecular weight is 377 g/mol. The predicted octanol–water partition coefficient (Wildman–Crippen LogP) is 3.50. The second kappa shape index (κ2) is 9.83. The van der Waals surface area contributed by atoms with Crippen molar-refractivity contribution in [3.05, 3.63) is 22.7 Å². The number of thiophene rings is 1. The molecule has 26 heavy (non-hydrogen) atoms. The first kappa shape index (κ1) is 19.0. The Labute approximate surface area is 159 Å². The Hall–Kier alpha value is -1.73. The van der Waals surface area contributed by atoms with E-state index in [0.29, 0.717) is 24.6 Å². The second-order valence-corrected chi connectivity index (χ2v) is 7.78. The second-order valence-electron chi connectivity index (χ2n) is 7.00. The van der Waals surface area contributed by atoms with Gasteiger partial charge in [0.2, 0.25) is 17.6 Å². The minimum absolute atomic E-state index is 0.0422. The highest BCUT2D eigenvalue weighted by Gasteiger charge is 2.17. The van der Waals surface area contributed by atoms with Gasteiger partial charge in [0.1, 0.15) is 0 Å². The van der Waals surface area contributed by atoms with Gasteiger partial charge in [0, 0.05) is 36.4 Å². The van der Waals surface area contributed by atoms with Gasteiger partial charge in [-0.3, -0.25) is 4.79 Å². The molecular formula is C19H28N4O2S. The zero-order valence-corrected chi connectivity index (χ0v) is 16.3. The van der Waals surface area contributed by atoms with Crippen molar-refractivity contribution in [1.82, 2.24) is 20.4 Å². The normalized spacial score (nSPS) is 15.5. The smallest absolute Gasteiger partial charge is 0.227 e. The topological polar surface area (TPSA) is 71.3 Å². The molecule has 142 valence electrons. The van der Waals surface area contributed by atoms with E-state index < -0.39 is 0 Å². The number of aromatic nitrogens is 2. The van der Waals surface area contributed by atoms with Crippen molar-refractivity contribution in [2.45, 2.75) is 57.4 Å². The zero-order chi connectivity index (χ0) is 18.2. The van der Waals surface area contributed by atoms with Gasteiger partial charge in [0.05, 0.1) is 0 Å². The quantitative estimate of drug-likeness (QED) is 0.678. The third-order valence-electron chi connectivity index (χ3n) is 5.02. The van der Waals surface area contributed by atoms with Crippen LogP contribution < -0.4 is 5.32 Å². The number of carbonyl (C=O) groups is 1. The standard InChI is InChI=1S/C19H28N4O2S/c1-23(16-6-3-2-4-7-16)12-5-11-20-17(24)8-9-18-21-19(22-25-18)15-10-13-26-14-15/h10,13-14,16H,2-9,11-12H2,1H3,(H,20,24). The Kier molecular flexibility index (Phi) is 7.20. The third-order valence-corrected chi connectivity index (χ3v) is 5.70. The van der Waals surface area contributed by atoms with E-state index >= 15 is 0 Å². The molecule has 2 heterocycles. The molecule has 1 aliphatic rings. The van der Waals surface area contributed by atoms with E-state index in [4.69, 9.17) is 4.52 Å². The molecule has 6 nitrogen and oxygen atoms in total. The van der Waals surface area contributed by atoms with Crippen LogP contribution in [0.25, 0.3) is 11.4 Å². The fraction of sp³-hybridized carbons (Fsp3) is 0.632. The number of amides is 1. The Morgan fingerprint density at radius 2 is 2.23 bits per heavy atom. The van der Waals surface area contributed by atoms with E-state index in [9.17, 15) is 4.79 Å². The first-order valence-corrected chi connectivity index (χ1v) is 10.5. The van der Waals surface area contributed by atoms with Crippen LogP contribution in [0, 0.1) is 0 Å². The molecule has 0 spiro atoms. The van der Waals surface area contributed by atoms with E-state index in [1.54, 1.807) is 11.3 Å². The lowest BCUT2D eigenvalue weighted by Crippen LogP contribution is -2.35. The third kappa shape index (κ3) is 5.64. The maximum absolute atomic E-state index is 12.0. The summed E-state index contributed by atoms with van der Waals surface area (Å²) in [7, 11) is 2.21. The summed E-state index contributed by atoms with van der Waals surface area (Å²) < 4.78 is 5.22. The van der Waals surface area contributed by atoms with Crippen LogP contribution in [0.5, 0.6) is 0 Å². The summed E-state index contributed by atoms with van der Waals surface area (Å²) >= 11 is 1.59. The highest BCUT2D eigenvalue weighted by atomic mass is 32.1. The van der Waals surface area contributed by atoms with Crippen LogP contribution in [0.3, 0.4) is 0 Å². The molecule has 0 saturated heterocycles. The summed E-state index contributed by atoms with van der Waals surface area (Å²) in [6.45, 7) is 1.76. The fourth-order valence-corrected chi connectivity index (χ4v) is 4.07. The van der Waals surface area contributed by atoms with Gasteiger partial charge in [0.25, 0.3) is 0 Å². The van der Waals surface area contributed by atoms with Crippen LogP contribution in [-0.4, -0.2) is 47.1 Å². The number of nitrogens with one attached hydrogen (secondary N) is 1. The van der Waals surface area contributed by atoms with Crippen LogP contribution in [0.1, 0.15) is 50.8 Å². The first-order valence-electron chi connectivity index (χ1n) is 9.54. The number of rotatable bonds is 9. The molecule has 0 aromatic carbocycles. The molecule has 3 rings (SSSR count). The summed E-state index contributed by atoms with van der Waals surface area (Å²) in [6, 6.07) is 2.69. The van der Waals surface area contributed by atoms with Gasteiger partial charge in [-0.2, -0.15) is 16.3 Å². The Morgan fingerprint density at radius 3 is 3.00 bits per heavy atom. The largest absolute Gasteiger partial charge is 0.356 e. The number of hydrogen-bond acceptors (Lipinski definition) is 6. The molecule has 1 N–H and O–H groups in total. The summed E-state index contributed by atoms with van der Waals surface area (Å²) in [5, 5.41) is 10.9. The van der Waals surface area contributed by atoms with Crippen LogP contribution in [0.15, 0.2) is 21.3 Å². The number of nitrogens with zero attached hydrogens (tertiary/aromatic N) is 3. The van der Waals surface area contributed by atoms with Gasteiger partial charge in [-0.25, -0.2) is 0 Å². The molecule has 2 aromatic rings. The van der Waals surface area contributed by atoms with E-state index in [-0.39, 0.29) is 5.91 Å². The van der Waals surface area contributed by atoms with E-state index in [1.165, 1.54) is 32.1 Å². The minimum Gasteiger partial charge on any atom is -0.356 e. The monoisotopic (exact) mass is 376 g/mol. The Bertz CT molecular complexity index is 665. The zero-order valence-electron chi connectivity index (χ0n) is 15.4. The molecule has 1 amide bonds. The van der Waals surface area contributed by atoms with E-state index in [0.717, 1.165) is 31.1 Å². The SMILES string of the molecule is CN(CCCNC(=O)CCc1nc(-c2ccsc2)no1)C1CCCCC1. The van der Waals surface area contributed by atoms with Crippen molar-refractivity contribution in [2.75, 3.05) is 20.1 Å². The molecule has 1 aliphatic carbocycles.